The van der Waals surface area contributed by atoms with Crippen molar-refractivity contribution < 1.29 is 14.3 Å². The number of hydrogen-bond acceptors (Lipinski definition) is 4. The number of esters is 1. The second-order valence-electron chi connectivity index (χ2n) is 7.19. The molecule has 0 spiro atoms. The summed E-state index contributed by atoms with van der Waals surface area (Å²) in [5.41, 5.74) is 1.47. The van der Waals surface area contributed by atoms with E-state index in [-0.39, 0.29) is 17.4 Å². The maximum atomic E-state index is 11.7. The molecule has 1 unspecified atom stereocenters. The average molecular weight is 319 g/mol. The largest absolute Gasteiger partial charge is 0.494 e. The molecule has 4 nitrogen and oxygen atoms in total. The highest BCUT2D eigenvalue weighted by molar-refractivity contribution is 5.75. The van der Waals surface area contributed by atoms with E-state index in [0.29, 0.717) is 6.61 Å². The lowest BCUT2D eigenvalue weighted by atomic mass is 9.87. The number of rotatable bonds is 6. The summed E-state index contributed by atoms with van der Waals surface area (Å²) in [6.07, 6.45) is 2.88. The molecule has 1 atom stereocenters. The van der Waals surface area contributed by atoms with Crippen LogP contribution in [0.1, 0.15) is 45.6 Å². The molecule has 1 aromatic carbocycles. The van der Waals surface area contributed by atoms with Crippen LogP contribution in [0.5, 0.6) is 5.75 Å². The Morgan fingerprint density at radius 2 is 1.96 bits per heavy atom. The molecular formula is C19H29NO3. The van der Waals surface area contributed by atoms with Crippen LogP contribution in [0, 0.1) is 0 Å². The molecule has 1 fully saturated rings. The molecule has 23 heavy (non-hydrogen) atoms. The third-order valence-corrected chi connectivity index (χ3v) is 4.42. The van der Waals surface area contributed by atoms with E-state index >= 15 is 0 Å². The first kappa shape index (κ1) is 17.8. The van der Waals surface area contributed by atoms with E-state index in [0.717, 1.165) is 38.1 Å². The van der Waals surface area contributed by atoms with Crippen LogP contribution in [0.4, 0.5) is 0 Å². The van der Waals surface area contributed by atoms with Crippen LogP contribution in [0.3, 0.4) is 0 Å². The van der Waals surface area contributed by atoms with Crippen LogP contribution in [0.25, 0.3) is 0 Å². The monoisotopic (exact) mass is 319 g/mol. The van der Waals surface area contributed by atoms with E-state index in [4.69, 9.17) is 9.47 Å². The quantitative estimate of drug-likeness (QED) is 0.595. The second kappa shape index (κ2) is 7.82. The van der Waals surface area contributed by atoms with E-state index in [1.54, 1.807) is 0 Å². The number of carbonyl (C=O) groups is 1. The number of methoxy groups -OCH3 is 1. The molecular weight excluding hydrogens is 290 g/mol. The van der Waals surface area contributed by atoms with Crippen LogP contribution in [-0.2, 0) is 14.9 Å². The summed E-state index contributed by atoms with van der Waals surface area (Å²) in [4.78, 5) is 13.9. The Balaban J connectivity index is 1.74. The molecule has 0 saturated carbocycles. The van der Waals surface area contributed by atoms with Gasteiger partial charge in [0, 0.05) is 6.54 Å². The standard InChI is InChI=1S/C19H29NO3/c1-19(2,3)15-8-10-16(11-9-15)23-14-6-13-20-12-5-7-17(20)18(21)22-4/h8-11,17H,5-7,12-14H2,1-4H3. The third kappa shape index (κ3) is 4.96. The predicted molar refractivity (Wildman–Crippen MR) is 91.9 cm³/mol. The number of ether oxygens (including phenoxy) is 2. The Morgan fingerprint density at radius 3 is 2.57 bits per heavy atom. The van der Waals surface area contributed by atoms with Crippen molar-refractivity contribution in [1.82, 2.24) is 4.90 Å². The Labute approximate surface area is 139 Å². The molecule has 1 aliphatic heterocycles. The Hall–Kier alpha value is -1.55. The second-order valence-corrected chi connectivity index (χ2v) is 7.19. The third-order valence-electron chi connectivity index (χ3n) is 4.42. The van der Waals surface area contributed by atoms with Crippen LogP contribution >= 0.6 is 0 Å². The van der Waals surface area contributed by atoms with E-state index in [1.807, 2.05) is 12.1 Å². The van der Waals surface area contributed by atoms with Gasteiger partial charge in [-0.1, -0.05) is 32.9 Å². The summed E-state index contributed by atoms with van der Waals surface area (Å²) >= 11 is 0. The van der Waals surface area contributed by atoms with Gasteiger partial charge in [0.2, 0.25) is 0 Å². The van der Waals surface area contributed by atoms with Crippen molar-refractivity contribution in [3.8, 4) is 5.75 Å². The first-order valence-electron chi connectivity index (χ1n) is 8.47. The highest BCUT2D eigenvalue weighted by atomic mass is 16.5. The van der Waals surface area contributed by atoms with Crippen LogP contribution in [0.15, 0.2) is 24.3 Å². The number of hydrogen-bond donors (Lipinski definition) is 0. The highest BCUT2D eigenvalue weighted by Gasteiger charge is 2.30. The van der Waals surface area contributed by atoms with Gasteiger partial charge < -0.3 is 9.47 Å². The van der Waals surface area contributed by atoms with Crippen molar-refractivity contribution in [3.05, 3.63) is 29.8 Å². The van der Waals surface area contributed by atoms with E-state index in [2.05, 4.69) is 37.8 Å². The van der Waals surface area contributed by atoms with Gasteiger partial charge in [0.15, 0.2) is 0 Å². The molecule has 1 saturated heterocycles. The van der Waals surface area contributed by atoms with Crippen molar-refractivity contribution in [2.45, 2.75) is 51.5 Å². The fraction of sp³-hybridized carbons (Fsp3) is 0.632. The minimum Gasteiger partial charge on any atom is -0.494 e. The molecule has 1 aliphatic rings. The number of carbonyl (C=O) groups excluding carboxylic acids is 1. The Morgan fingerprint density at radius 1 is 1.26 bits per heavy atom. The summed E-state index contributed by atoms with van der Waals surface area (Å²) in [5.74, 6) is 0.796. The first-order valence-corrected chi connectivity index (χ1v) is 8.47. The van der Waals surface area contributed by atoms with Crippen LogP contribution in [-0.4, -0.2) is 43.7 Å². The lowest BCUT2D eigenvalue weighted by molar-refractivity contribution is -0.145. The predicted octanol–water partition coefficient (Wildman–Crippen LogP) is 3.39. The maximum Gasteiger partial charge on any atom is 0.323 e. The van der Waals surface area contributed by atoms with Crippen molar-refractivity contribution in [2.75, 3.05) is 26.8 Å². The Kier molecular flexibility index (Phi) is 6.05. The zero-order chi connectivity index (χ0) is 16.9. The smallest absolute Gasteiger partial charge is 0.323 e. The van der Waals surface area contributed by atoms with Crippen molar-refractivity contribution in [1.29, 1.82) is 0 Å². The summed E-state index contributed by atoms with van der Waals surface area (Å²) in [6, 6.07) is 8.26. The average Bonchev–Trinajstić information content (AvgIpc) is 2.99. The van der Waals surface area contributed by atoms with Gasteiger partial charge in [-0.15, -0.1) is 0 Å². The molecule has 2 rings (SSSR count). The van der Waals surface area contributed by atoms with Gasteiger partial charge in [0.05, 0.1) is 13.7 Å². The lowest BCUT2D eigenvalue weighted by Gasteiger charge is -2.22. The van der Waals surface area contributed by atoms with Gasteiger partial charge in [-0.05, 0) is 48.9 Å². The fourth-order valence-electron chi connectivity index (χ4n) is 3.01. The molecule has 0 amide bonds. The molecule has 0 N–H and O–H groups in total. The van der Waals surface area contributed by atoms with Crippen LogP contribution < -0.4 is 4.74 Å². The van der Waals surface area contributed by atoms with E-state index < -0.39 is 0 Å². The summed E-state index contributed by atoms with van der Waals surface area (Å²) in [6.45, 7) is 9.13. The topological polar surface area (TPSA) is 38.8 Å². The first-order chi connectivity index (χ1) is 10.9. The summed E-state index contributed by atoms with van der Waals surface area (Å²) in [5, 5.41) is 0. The van der Waals surface area contributed by atoms with E-state index in [1.165, 1.54) is 12.7 Å². The zero-order valence-electron chi connectivity index (χ0n) is 14.8. The number of likely N-dealkylation sites (tertiary alicyclic amines) is 1. The molecule has 0 aliphatic carbocycles. The lowest BCUT2D eigenvalue weighted by Crippen LogP contribution is -2.37. The molecule has 4 heteroatoms. The van der Waals surface area contributed by atoms with Crippen LogP contribution in [0.2, 0.25) is 0 Å². The number of benzene rings is 1. The number of nitrogens with zero attached hydrogens (tertiary/aromatic N) is 1. The summed E-state index contributed by atoms with van der Waals surface area (Å²) in [7, 11) is 1.46. The molecule has 1 heterocycles. The minimum absolute atomic E-state index is 0.0638. The van der Waals surface area contributed by atoms with Gasteiger partial charge in [0.25, 0.3) is 0 Å². The molecule has 128 valence electrons. The van der Waals surface area contributed by atoms with Crippen molar-refractivity contribution >= 4 is 5.97 Å². The molecule has 0 bridgehead atoms. The summed E-state index contributed by atoms with van der Waals surface area (Å²) < 4.78 is 10.7. The van der Waals surface area contributed by atoms with Crippen molar-refractivity contribution in [3.63, 3.8) is 0 Å². The van der Waals surface area contributed by atoms with Crippen molar-refractivity contribution in [2.24, 2.45) is 0 Å². The van der Waals surface area contributed by atoms with Gasteiger partial charge >= 0.3 is 5.97 Å². The van der Waals surface area contributed by atoms with Gasteiger partial charge in [0.1, 0.15) is 11.8 Å². The zero-order valence-corrected chi connectivity index (χ0v) is 14.8. The van der Waals surface area contributed by atoms with E-state index in [9.17, 15) is 4.79 Å². The molecule has 1 aromatic rings. The fourth-order valence-corrected chi connectivity index (χ4v) is 3.01. The highest BCUT2D eigenvalue weighted by Crippen LogP contribution is 2.24. The van der Waals surface area contributed by atoms with Gasteiger partial charge in [-0.25, -0.2) is 0 Å². The molecule has 0 radical (unpaired) electrons. The minimum atomic E-state index is -0.110. The Bertz CT molecular complexity index is 504. The normalized spacial score (nSPS) is 18.9. The SMILES string of the molecule is COC(=O)C1CCCN1CCCOc1ccc(C(C)(C)C)cc1. The van der Waals surface area contributed by atoms with Gasteiger partial charge in [-0.3, -0.25) is 9.69 Å². The maximum absolute atomic E-state index is 11.7. The molecule has 0 aromatic heterocycles. The van der Waals surface area contributed by atoms with Gasteiger partial charge in [-0.2, -0.15) is 0 Å².